The normalized spacial score (nSPS) is 22.5. The minimum Gasteiger partial charge on any atom is -0.444 e. The zero-order valence-electron chi connectivity index (χ0n) is 21.0. The third-order valence-corrected chi connectivity index (χ3v) is 6.19. The lowest BCUT2D eigenvalue weighted by atomic mass is 9.96. The van der Waals surface area contributed by atoms with E-state index in [0.29, 0.717) is 18.5 Å². The predicted molar refractivity (Wildman–Crippen MR) is 128 cm³/mol. The van der Waals surface area contributed by atoms with Crippen LogP contribution in [0.4, 0.5) is 4.79 Å². The second kappa shape index (κ2) is 11.9. The van der Waals surface area contributed by atoms with E-state index >= 15 is 0 Å². The number of hydrogen-bond acceptors (Lipinski definition) is 5. The van der Waals surface area contributed by atoms with Crippen LogP contribution in [0.5, 0.6) is 0 Å². The standard InChI is InChI=1S/C23H46N6O2/c1-8-24-21(25-16-20-18-26(6)14-15-27(20)7)29-12-10-19(11-13-29)17-28(9-2)22(30)31-23(3,4)5/h19-20H,8-18H2,1-7H3,(H,24,25). The Labute approximate surface area is 190 Å². The molecule has 1 N–H and O–H groups in total. The van der Waals surface area contributed by atoms with E-state index in [2.05, 4.69) is 41.0 Å². The molecule has 0 radical (unpaired) electrons. The largest absolute Gasteiger partial charge is 0.444 e. The summed E-state index contributed by atoms with van der Waals surface area (Å²) in [6.45, 7) is 18.3. The Bertz CT molecular complexity index is 583. The maximum Gasteiger partial charge on any atom is 0.410 e. The molecule has 0 aromatic heterocycles. The summed E-state index contributed by atoms with van der Waals surface area (Å²) in [4.78, 5) is 26.5. The number of rotatable bonds is 6. The first-order chi connectivity index (χ1) is 14.6. The topological polar surface area (TPSA) is 63.7 Å². The molecule has 1 amide bonds. The number of ether oxygens (including phenoxy) is 1. The average Bonchev–Trinajstić information content (AvgIpc) is 2.70. The molecule has 2 aliphatic heterocycles. The number of hydrogen-bond donors (Lipinski definition) is 1. The molecular weight excluding hydrogens is 392 g/mol. The van der Waals surface area contributed by atoms with Crippen molar-refractivity contribution >= 4 is 12.1 Å². The first kappa shape index (κ1) is 25.7. The number of carbonyl (C=O) groups is 1. The van der Waals surface area contributed by atoms with Crippen LogP contribution in [0.25, 0.3) is 0 Å². The number of likely N-dealkylation sites (N-methyl/N-ethyl adjacent to an activating group) is 2. The molecule has 0 saturated carbocycles. The van der Waals surface area contributed by atoms with Crippen molar-refractivity contribution < 1.29 is 9.53 Å². The number of nitrogens with zero attached hydrogens (tertiary/aromatic N) is 5. The van der Waals surface area contributed by atoms with Gasteiger partial charge in [0.05, 0.1) is 6.54 Å². The lowest BCUT2D eigenvalue weighted by molar-refractivity contribution is 0.0214. The molecular formula is C23H46N6O2. The molecule has 0 aromatic carbocycles. The van der Waals surface area contributed by atoms with Crippen molar-refractivity contribution in [2.24, 2.45) is 10.9 Å². The highest BCUT2D eigenvalue weighted by Crippen LogP contribution is 2.20. The summed E-state index contributed by atoms with van der Waals surface area (Å²) in [5, 5.41) is 3.49. The number of carbonyl (C=O) groups excluding carboxylic acids is 1. The minimum absolute atomic E-state index is 0.200. The van der Waals surface area contributed by atoms with Crippen LogP contribution < -0.4 is 5.32 Å². The quantitative estimate of drug-likeness (QED) is 0.507. The van der Waals surface area contributed by atoms with E-state index in [1.165, 1.54) is 0 Å². The first-order valence-corrected chi connectivity index (χ1v) is 12.0. The van der Waals surface area contributed by atoms with Crippen LogP contribution in [-0.4, -0.2) is 116 Å². The van der Waals surface area contributed by atoms with Crippen LogP contribution in [0.2, 0.25) is 0 Å². The number of aliphatic imine (C=N–C) groups is 1. The van der Waals surface area contributed by atoms with Gasteiger partial charge in [0.1, 0.15) is 5.60 Å². The summed E-state index contributed by atoms with van der Waals surface area (Å²) in [6, 6.07) is 0.469. The molecule has 0 aromatic rings. The monoisotopic (exact) mass is 438 g/mol. The third kappa shape index (κ3) is 8.48. The molecule has 31 heavy (non-hydrogen) atoms. The van der Waals surface area contributed by atoms with E-state index in [1.807, 2.05) is 32.6 Å². The molecule has 2 heterocycles. The van der Waals surface area contributed by atoms with Crippen LogP contribution in [-0.2, 0) is 4.74 Å². The Balaban J connectivity index is 1.88. The van der Waals surface area contributed by atoms with Gasteiger partial charge in [0.2, 0.25) is 0 Å². The Hall–Kier alpha value is -1.54. The van der Waals surface area contributed by atoms with Crippen LogP contribution in [0.1, 0.15) is 47.5 Å². The molecule has 0 bridgehead atoms. The van der Waals surface area contributed by atoms with Crippen molar-refractivity contribution in [2.45, 2.75) is 59.1 Å². The zero-order chi connectivity index (χ0) is 23.0. The number of piperidine rings is 1. The molecule has 8 nitrogen and oxygen atoms in total. The van der Waals surface area contributed by atoms with Crippen molar-refractivity contribution in [2.75, 3.05) is 73.0 Å². The molecule has 8 heteroatoms. The zero-order valence-corrected chi connectivity index (χ0v) is 21.0. The van der Waals surface area contributed by atoms with Crippen LogP contribution in [0.3, 0.4) is 0 Å². The van der Waals surface area contributed by atoms with Gasteiger partial charge in [-0.1, -0.05) is 0 Å². The summed E-state index contributed by atoms with van der Waals surface area (Å²) in [5.41, 5.74) is -0.452. The van der Waals surface area contributed by atoms with Gasteiger partial charge in [-0.15, -0.1) is 0 Å². The van der Waals surface area contributed by atoms with Gasteiger partial charge in [0, 0.05) is 58.4 Å². The van der Waals surface area contributed by atoms with Crippen molar-refractivity contribution in [3.05, 3.63) is 0 Å². The van der Waals surface area contributed by atoms with E-state index in [-0.39, 0.29) is 6.09 Å². The van der Waals surface area contributed by atoms with Crippen LogP contribution in [0.15, 0.2) is 4.99 Å². The second-order valence-electron chi connectivity index (χ2n) is 10.0. The minimum atomic E-state index is -0.452. The van der Waals surface area contributed by atoms with Gasteiger partial charge in [-0.3, -0.25) is 9.89 Å². The predicted octanol–water partition coefficient (Wildman–Crippen LogP) is 2.17. The third-order valence-electron chi connectivity index (χ3n) is 6.19. The van der Waals surface area contributed by atoms with Gasteiger partial charge in [-0.25, -0.2) is 4.79 Å². The Morgan fingerprint density at radius 1 is 1.13 bits per heavy atom. The molecule has 2 saturated heterocycles. The fourth-order valence-electron chi connectivity index (χ4n) is 4.21. The summed E-state index contributed by atoms with van der Waals surface area (Å²) in [6.07, 6.45) is 1.93. The number of guanidine groups is 1. The maximum atomic E-state index is 12.5. The van der Waals surface area contributed by atoms with Gasteiger partial charge in [0.15, 0.2) is 5.96 Å². The number of amides is 1. The lowest BCUT2D eigenvalue weighted by Gasteiger charge is -2.38. The number of piperazine rings is 1. The molecule has 2 rings (SSSR count). The SMILES string of the molecule is CCNC(=NCC1CN(C)CCN1C)N1CCC(CN(CC)C(=O)OC(C)(C)C)CC1. The highest BCUT2D eigenvalue weighted by atomic mass is 16.6. The average molecular weight is 439 g/mol. The molecule has 2 aliphatic rings. The van der Waals surface area contributed by atoms with Crippen LogP contribution >= 0.6 is 0 Å². The van der Waals surface area contributed by atoms with Gasteiger partial charge in [-0.05, 0) is 67.5 Å². The first-order valence-electron chi connectivity index (χ1n) is 12.0. The Morgan fingerprint density at radius 3 is 2.39 bits per heavy atom. The van der Waals surface area contributed by atoms with Gasteiger partial charge in [-0.2, -0.15) is 0 Å². The van der Waals surface area contributed by atoms with Gasteiger partial charge in [0.25, 0.3) is 0 Å². The summed E-state index contributed by atoms with van der Waals surface area (Å²) in [5.74, 6) is 1.53. The van der Waals surface area contributed by atoms with E-state index in [4.69, 9.17) is 9.73 Å². The van der Waals surface area contributed by atoms with Crippen molar-refractivity contribution in [3.8, 4) is 0 Å². The fourth-order valence-corrected chi connectivity index (χ4v) is 4.21. The highest BCUT2D eigenvalue weighted by Gasteiger charge is 2.28. The molecule has 0 spiro atoms. The maximum absolute atomic E-state index is 12.5. The highest BCUT2D eigenvalue weighted by molar-refractivity contribution is 5.80. The fraction of sp³-hybridized carbons (Fsp3) is 0.913. The summed E-state index contributed by atoms with van der Waals surface area (Å²) in [7, 11) is 4.40. The number of nitrogens with one attached hydrogen (secondary N) is 1. The van der Waals surface area contributed by atoms with E-state index < -0.39 is 5.60 Å². The van der Waals surface area contributed by atoms with Gasteiger partial charge >= 0.3 is 6.09 Å². The second-order valence-corrected chi connectivity index (χ2v) is 10.0. The molecule has 180 valence electrons. The number of likely N-dealkylation sites (tertiary alicyclic amines) is 1. The Kier molecular flexibility index (Phi) is 9.88. The Morgan fingerprint density at radius 2 is 1.81 bits per heavy atom. The summed E-state index contributed by atoms with van der Waals surface area (Å²) < 4.78 is 5.57. The van der Waals surface area contributed by atoms with Crippen molar-refractivity contribution in [3.63, 3.8) is 0 Å². The molecule has 0 aliphatic carbocycles. The lowest BCUT2D eigenvalue weighted by Crippen LogP contribution is -2.52. The van der Waals surface area contributed by atoms with Crippen molar-refractivity contribution in [1.82, 2.24) is 24.9 Å². The summed E-state index contributed by atoms with van der Waals surface area (Å²) >= 11 is 0. The van der Waals surface area contributed by atoms with Gasteiger partial charge < -0.3 is 24.8 Å². The van der Waals surface area contributed by atoms with E-state index in [1.54, 1.807) is 0 Å². The molecule has 1 unspecified atom stereocenters. The molecule has 1 atom stereocenters. The smallest absolute Gasteiger partial charge is 0.410 e. The van der Waals surface area contributed by atoms with Crippen molar-refractivity contribution in [1.29, 1.82) is 0 Å². The van der Waals surface area contributed by atoms with Crippen LogP contribution in [0, 0.1) is 5.92 Å². The van der Waals surface area contributed by atoms with E-state index in [9.17, 15) is 4.79 Å². The molecule has 2 fully saturated rings. The van der Waals surface area contributed by atoms with E-state index in [0.717, 1.165) is 71.2 Å².